The van der Waals surface area contributed by atoms with Gasteiger partial charge in [0.05, 0.1) is 5.75 Å². The number of thioether (sulfide) groups is 1. The molecule has 0 spiro atoms. The fourth-order valence-corrected chi connectivity index (χ4v) is 3.88. The number of hydrogen-bond donors (Lipinski definition) is 1. The lowest BCUT2D eigenvalue weighted by Crippen LogP contribution is -2.49. The molecule has 26 heavy (non-hydrogen) atoms. The molecule has 1 aliphatic heterocycles. The average Bonchev–Trinajstić information content (AvgIpc) is 3.53. The summed E-state index contributed by atoms with van der Waals surface area (Å²) in [6.45, 7) is 2.89. The average molecular weight is 396 g/mol. The van der Waals surface area contributed by atoms with Gasteiger partial charge in [-0.25, -0.2) is 9.97 Å². The molecule has 7 nitrogen and oxygen atoms in total. The van der Waals surface area contributed by atoms with E-state index in [0.717, 1.165) is 44.6 Å². The second kappa shape index (κ2) is 7.60. The minimum Gasteiger partial charge on any atom is -0.353 e. The monoisotopic (exact) mass is 395 g/mol. The van der Waals surface area contributed by atoms with Crippen molar-refractivity contribution in [1.29, 1.82) is 0 Å². The normalized spacial score (nSPS) is 20.2. The Kier molecular flexibility index (Phi) is 5.22. The molecule has 0 bridgehead atoms. The molecule has 0 unspecified atom stereocenters. The Morgan fingerprint density at radius 2 is 1.88 bits per heavy atom. The number of nitrogens with one attached hydrogen (secondary N) is 1. The third-order valence-corrected chi connectivity index (χ3v) is 5.82. The van der Waals surface area contributed by atoms with Gasteiger partial charge < -0.3 is 15.1 Å². The lowest BCUT2D eigenvalue weighted by Gasteiger charge is -2.35. The molecule has 2 amide bonds. The van der Waals surface area contributed by atoms with Gasteiger partial charge in [0.15, 0.2) is 5.16 Å². The maximum absolute atomic E-state index is 12.2. The zero-order valence-electron chi connectivity index (χ0n) is 14.5. The summed E-state index contributed by atoms with van der Waals surface area (Å²) in [6, 6.07) is 2.10. The van der Waals surface area contributed by atoms with E-state index >= 15 is 0 Å². The van der Waals surface area contributed by atoms with E-state index in [4.69, 9.17) is 11.6 Å². The van der Waals surface area contributed by atoms with Crippen molar-refractivity contribution in [2.24, 2.45) is 5.92 Å². The molecule has 4 rings (SSSR count). The molecule has 2 saturated carbocycles. The van der Waals surface area contributed by atoms with Gasteiger partial charge in [-0.2, -0.15) is 0 Å². The number of carbonyl (C=O) groups excluding carboxylic acids is 2. The summed E-state index contributed by atoms with van der Waals surface area (Å²) in [5, 5.41) is 3.83. The minimum absolute atomic E-state index is 0.00910. The van der Waals surface area contributed by atoms with Gasteiger partial charge in [0.1, 0.15) is 11.0 Å². The van der Waals surface area contributed by atoms with Gasteiger partial charge in [0.2, 0.25) is 11.8 Å². The smallest absolute Gasteiger partial charge is 0.230 e. The number of nitrogens with zero attached hydrogens (tertiary/aromatic N) is 4. The Morgan fingerprint density at radius 3 is 2.54 bits per heavy atom. The Hall–Kier alpha value is -1.54. The van der Waals surface area contributed by atoms with Gasteiger partial charge in [-0.3, -0.25) is 9.59 Å². The molecule has 9 heteroatoms. The largest absolute Gasteiger partial charge is 0.353 e. The second-order valence-electron chi connectivity index (χ2n) is 7.05. The van der Waals surface area contributed by atoms with Gasteiger partial charge >= 0.3 is 0 Å². The molecular formula is C17H22ClN5O2S. The van der Waals surface area contributed by atoms with E-state index in [1.54, 1.807) is 6.07 Å². The zero-order valence-corrected chi connectivity index (χ0v) is 16.1. The maximum Gasteiger partial charge on any atom is 0.230 e. The van der Waals surface area contributed by atoms with Gasteiger partial charge in [-0.15, -0.1) is 0 Å². The second-order valence-corrected chi connectivity index (χ2v) is 8.38. The van der Waals surface area contributed by atoms with Crippen molar-refractivity contribution < 1.29 is 9.59 Å². The van der Waals surface area contributed by atoms with Crippen molar-refractivity contribution in [2.45, 2.75) is 36.9 Å². The molecule has 0 aromatic carbocycles. The fourth-order valence-electron chi connectivity index (χ4n) is 2.98. The highest BCUT2D eigenvalue weighted by Gasteiger charge is 2.34. The van der Waals surface area contributed by atoms with Crippen LogP contribution in [0.3, 0.4) is 0 Å². The van der Waals surface area contributed by atoms with Crippen LogP contribution in [0.4, 0.5) is 5.82 Å². The molecule has 0 radical (unpaired) electrons. The molecule has 140 valence electrons. The first kappa shape index (κ1) is 17.9. The highest BCUT2D eigenvalue weighted by atomic mass is 35.5. The lowest BCUT2D eigenvalue weighted by molar-refractivity contribution is -0.132. The number of aromatic nitrogens is 2. The van der Waals surface area contributed by atoms with Crippen LogP contribution in [0.1, 0.15) is 25.7 Å². The van der Waals surface area contributed by atoms with Crippen molar-refractivity contribution in [1.82, 2.24) is 20.2 Å². The third kappa shape index (κ3) is 4.59. The van der Waals surface area contributed by atoms with Crippen LogP contribution < -0.4 is 10.2 Å². The van der Waals surface area contributed by atoms with Crippen LogP contribution in [-0.4, -0.2) is 64.7 Å². The molecule has 1 N–H and O–H groups in total. The van der Waals surface area contributed by atoms with E-state index < -0.39 is 0 Å². The van der Waals surface area contributed by atoms with Gasteiger partial charge in [-0.05, 0) is 25.7 Å². The Bertz CT molecular complexity index is 702. The van der Waals surface area contributed by atoms with E-state index in [0.29, 0.717) is 41.1 Å². The molecule has 3 aliphatic rings. The van der Waals surface area contributed by atoms with Crippen molar-refractivity contribution >= 4 is 41.0 Å². The highest BCUT2D eigenvalue weighted by Crippen LogP contribution is 2.31. The first-order valence-corrected chi connectivity index (χ1v) is 10.5. The van der Waals surface area contributed by atoms with E-state index in [9.17, 15) is 9.59 Å². The molecule has 0 atom stereocenters. The standard InChI is InChI=1S/C17H22ClN5O2S/c18-13-9-14(21-17(20-13)26-10-15(24)19-12-3-4-12)22-5-7-23(8-6-22)16(25)11-1-2-11/h9,11-12H,1-8,10H2,(H,19,24). The van der Waals surface area contributed by atoms with Crippen LogP contribution in [0.15, 0.2) is 11.2 Å². The molecule has 2 aliphatic carbocycles. The molecule has 2 heterocycles. The molecule has 1 aromatic heterocycles. The summed E-state index contributed by atoms with van der Waals surface area (Å²) in [5.74, 6) is 1.62. The van der Waals surface area contributed by atoms with Gasteiger partial charge in [-0.1, -0.05) is 23.4 Å². The Balaban J connectivity index is 1.33. The molecule has 1 aromatic rings. The number of hydrogen-bond acceptors (Lipinski definition) is 6. The Morgan fingerprint density at radius 1 is 1.15 bits per heavy atom. The summed E-state index contributed by atoms with van der Waals surface area (Å²) in [6.07, 6.45) is 4.22. The van der Waals surface area contributed by atoms with Crippen LogP contribution >= 0.6 is 23.4 Å². The summed E-state index contributed by atoms with van der Waals surface area (Å²) >= 11 is 7.45. The number of amides is 2. The van der Waals surface area contributed by atoms with Crippen molar-refractivity contribution in [3.8, 4) is 0 Å². The fraction of sp³-hybridized carbons (Fsp3) is 0.647. The van der Waals surface area contributed by atoms with E-state index in [2.05, 4.69) is 20.2 Å². The number of rotatable bonds is 6. The number of anilines is 1. The summed E-state index contributed by atoms with van der Waals surface area (Å²) in [4.78, 5) is 36.8. The van der Waals surface area contributed by atoms with Crippen LogP contribution in [0.2, 0.25) is 5.15 Å². The predicted molar refractivity (Wildman–Crippen MR) is 100 cm³/mol. The van der Waals surface area contributed by atoms with Crippen molar-refractivity contribution in [3.63, 3.8) is 0 Å². The number of halogens is 1. The van der Waals surface area contributed by atoms with Crippen LogP contribution in [0.5, 0.6) is 0 Å². The molecular weight excluding hydrogens is 374 g/mol. The zero-order chi connectivity index (χ0) is 18.1. The van der Waals surface area contributed by atoms with Crippen LogP contribution in [-0.2, 0) is 9.59 Å². The maximum atomic E-state index is 12.2. The van der Waals surface area contributed by atoms with Gasteiger partial charge in [0.25, 0.3) is 0 Å². The third-order valence-electron chi connectivity index (χ3n) is 4.78. The minimum atomic E-state index is 0.00910. The molecule has 1 saturated heterocycles. The Labute approximate surface area is 161 Å². The van der Waals surface area contributed by atoms with Crippen LogP contribution in [0.25, 0.3) is 0 Å². The summed E-state index contributed by atoms with van der Waals surface area (Å²) < 4.78 is 0. The number of piperazine rings is 1. The summed E-state index contributed by atoms with van der Waals surface area (Å²) in [5.41, 5.74) is 0. The molecule has 3 fully saturated rings. The first-order chi connectivity index (χ1) is 12.6. The van der Waals surface area contributed by atoms with Crippen molar-refractivity contribution in [2.75, 3.05) is 36.8 Å². The van der Waals surface area contributed by atoms with E-state index in [1.165, 1.54) is 11.8 Å². The van der Waals surface area contributed by atoms with Crippen molar-refractivity contribution in [3.05, 3.63) is 11.2 Å². The SMILES string of the molecule is O=C(CSc1nc(Cl)cc(N2CCN(C(=O)C3CC3)CC2)n1)NC1CC1. The van der Waals surface area contributed by atoms with Crippen LogP contribution in [0, 0.1) is 5.92 Å². The summed E-state index contributed by atoms with van der Waals surface area (Å²) in [7, 11) is 0. The predicted octanol–water partition coefficient (Wildman–Crippen LogP) is 1.56. The quantitative estimate of drug-likeness (QED) is 0.447. The number of carbonyl (C=O) groups is 2. The van der Waals surface area contributed by atoms with E-state index in [-0.39, 0.29) is 11.8 Å². The first-order valence-electron chi connectivity index (χ1n) is 9.09. The van der Waals surface area contributed by atoms with Gasteiger partial charge in [0, 0.05) is 44.2 Å². The lowest BCUT2D eigenvalue weighted by atomic mass is 10.2. The topological polar surface area (TPSA) is 78.4 Å². The van der Waals surface area contributed by atoms with E-state index in [1.807, 2.05) is 4.90 Å². The highest BCUT2D eigenvalue weighted by molar-refractivity contribution is 7.99.